The number of hydrogen-bond donors (Lipinski definition) is 0. The van der Waals surface area contributed by atoms with E-state index in [4.69, 9.17) is 16.3 Å². The summed E-state index contributed by atoms with van der Waals surface area (Å²) in [7, 11) is 1.69. The molecule has 14 heavy (non-hydrogen) atoms. The summed E-state index contributed by atoms with van der Waals surface area (Å²) >= 11 is 6.98. The number of carbonyl (C=O) groups excluding carboxylic acids is 1. The summed E-state index contributed by atoms with van der Waals surface area (Å²) in [6.45, 7) is 6.70. The highest BCUT2D eigenvalue weighted by molar-refractivity contribution is 8.68. The smallest absolute Gasteiger partial charge is 0.215 e. The van der Waals surface area contributed by atoms with Crippen LogP contribution in [-0.4, -0.2) is 30.5 Å². The van der Waals surface area contributed by atoms with E-state index in [0.717, 1.165) is 12.2 Å². The minimum absolute atomic E-state index is 0.556. The maximum atomic E-state index is 10.7. The third kappa shape index (κ3) is 4.78. The van der Waals surface area contributed by atoms with Crippen LogP contribution in [0, 0.1) is 5.92 Å². The van der Waals surface area contributed by atoms with Crippen LogP contribution >= 0.6 is 17.0 Å². The van der Waals surface area contributed by atoms with Gasteiger partial charge in [0.15, 0.2) is 0 Å². The lowest BCUT2D eigenvalue weighted by Gasteiger charge is -2.27. The summed E-state index contributed by atoms with van der Waals surface area (Å²) in [6.07, 6.45) is 0.754. The van der Waals surface area contributed by atoms with Crippen molar-refractivity contribution in [2.45, 2.75) is 20.8 Å². The van der Waals surface area contributed by atoms with Gasteiger partial charge in [-0.1, -0.05) is 25.2 Å². The topological polar surface area (TPSA) is 29.5 Å². The predicted octanol–water partition coefficient (Wildman–Crippen LogP) is 2.72. The average molecular weight is 255 g/mol. The lowest BCUT2D eigenvalue weighted by molar-refractivity contribution is -0.113. The third-order valence-corrected chi connectivity index (χ3v) is 8.55. The molecule has 0 radical (unpaired) electrons. The van der Waals surface area contributed by atoms with Gasteiger partial charge in [0.2, 0.25) is 12.0 Å². The first-order valence-electron chi connectivity index (χ1n) is 4.54. The van der Waals surface area contributed by atoms with Gasteiger partial charge in [-0.05, 0) is 24.6 Å². The van der Waals surface area contributed by atoms with E-state index in [9.17, 15) is 4.79 Å². The molecule has 1 amide bonds. The van der Waals surface area contributed by atoms with Crippen LogP contribution in [-0.2, 0) is 21.1 Å². The van der Waals surface area contributed by atoms with E-state index in [0.29, 0.717) is 12.5 Å². The van der Waals surface area contributed by atoms with Crippen LogP contribution in [0.2, 0.25) is 0 Å². The molecular weight excluding hydrogens is 237 g/mol. The fourth-order valence-electron chi connectivity index (χ4n) is 0.684. The Balaban J connectivity index is 4.39. The van der Waals surface area contributed by atoms with Crippen LogP contribution in [0.5, 0.6) is 0 Å². The zero-order valence-electron chi connectivity index (χ0n) is 9.10. The summed E-state index contributed by atoms with van der Waals surface area (Å²) in [4.78, 5) is 10.7. The standard InChI is InChI=1S/C8H18NO2PS2/c1-5-11-12(13,9(4)7-10)14-6-8(2)3/h7-8H,5-6H2,1-4H3. The molecule has 0 aromatic rings. The highest BCUT2D eigenvalue weighted by atomic mass is 32.9. The van der Waals surface area contributed by atoms with Crippen LogP contribution in [0.1, 0.15) is 20.8 Å². The predicted molar refractivity (Wildman–Crippen MR) is 67.0 cm³/mol. The Morgan fingerprint density at radius 2 is 2.21 bits per heavy atom. The molecule has 0 saturated carbocycles. The summed E-state index contributed by atoms with van der Waals surface area (Å²) in [5, 5.41) is 0. The van der Waals surface area contributed by atoms with Crippen molar-refractivity contribution in [2.75, 3.05) is 19.4 Å². The number of hydrogen-bond acceptors (Lipinski definition) is 4. The van der Waals surface area contributed by atoms with E-state index in [-0.39, 0.29) is 0 Å². The normalized spacial score (nSPS) is 15.2. The van der Waals surface area contributed by atoms with Gasteiger partial charge in [0, 0.05) is 12.8 Å². The van der Waals surface area contributed by atoms with Crippen molar-refractivity contribution in [3.8, 4) is 0 Å². The first kappa shape index (κ1) is 14.4. The second-order valence-corrected chi connectivity index (χ2v) is 10.1. The Morgan fingerprint density at radius 1 is 1.64 bits per heavy atom. The summed E-state index contributed by atoms with van der Waals surface area (Å²) in [5.41, 5.74) is -2.15. The monoisotopic (exact) mass is 255 g/mol. The summed E-state index contributed by atoms with van der Waals surface area (Å²) in [6, 6.07) is 0. The van der Waals surface area contributed by atoms with Gasteiger partial charge in [0.05, 0.1) is 6.61 Å². The minimum Gasteiger partial charge on any atom is -0.327 e. The molecule has 0 spiro atoms. The van der Waals surface area contributed by atoms with E-state index in [1.54, 1.807) is 18.4 Å². The second-order valence-electron chi connectivity index (χ2n) is 3.26. The maximum Gasteiger partial charge on any atom is 0.215 e. The molecule has 1 atom stereocenters. The molecule has 0 aromatic carbocycles. The van der Waals surface area contributed by atoms with Crippen LogP contribution in [0.3, 0.4) is 0 Å². The molecule has 0 aliphatic heterocycles. The lowest BCUT2D eigenvalue weighted by atomic mass is 10.3. The third-order valence-electron chi connectivity index (χ3n) is 1.40. The molecule has 3 nitrogen and oxygen atoms in total. The van der Waals surface area contributed by atoms with Crippen molar-refractivity contribution in [1.29, 1.82) is 0 Å². The van der Waals surface area contributed by atoms with E-state index in [2.05, 4.69) is 13.8 Å². The van der Waals surface area contributed by atoms with Crippen molar-refractivity contribution in [2.24, 2.45) is 5.92 Å². The van der Waals surface area contributed by atoms with Gasteiger partial charge in [-0.15, -0.1) is 0 Å². The Kier molecular flexibility index (Phi) is 7.04. The minimum atomic E-state index is -2.15. The van der Waals surface area contributed by atoms with Crippen molar-refractivity contribution >= 4 is 35.2 Å². The average Bonchev–Trinajstić information content (AvgIpc) is 2.14. The highest BCUT2D eigenvalue weighted by Gasteiger charge is 2.23. The first-order chi connectivity index (χ1) is 6.46. The first-order valence-corrected chi connectivity index (χ1v) is 8.80. The SMILES string of the molecule is CCOP(=S)(SCC(C)C)N(C)C=O. The molecule has 0 aliphatic rings. The van der Waals surface area contributed by atoms with Crippen LogP contribution < -0.4 is 0 Å². The fourth-order valence-corrected chi connectivity index (χ4v) is 5.69. The number of amides is 1. The summed E-state index contributed by atoms with van der Waals surface area (Å²) < 4.78 is 7.02. The van der Waals surface area contributed by atoms with Gasteiger partial charge in [-0.25, -0.2) is 0 Å². The Morgan fingerprint density at radius 3 is 2.57 bits per heavy atom. The largest absolute Gasteiger partial charge is 0.327 e. The van der Waals surface area contributed by atoms with Crippen molar-refractivity contribution in [3.05, 3.63) is 0 Å². The molecule has 0 saturated heterocycles. The molecule has 84 valence electrons. The zero-order valence-corrected chi connectivity index (χ0v) is 11.6. The van der Waals surface area contributed by atoms with Crippen LogP contribution in [0.4, 0.5) is 0 Å². The Labute approximate surface area is 95.5 Å². The van der Waals surface area contributed by atoms with Crippen LogP contribution in [0.25, 0.3) is 0 Å². The maximum absolute atomic E-state index is 10.7. The number of rotatable bonds is 7. The highest BCUT2D eigenvalue weighted by Crippen LogP contribution is 2.61. The number of nitrogens with zero attached hydrogens (tertiary/aromatic N) is 1. The molecular formula is C8H18NO2PS2. The molecule has 0 N–H and O–H groups in total. The summed E-state index contributed by atoms with van der Waals surface area (Å²) in [5.74, 6) is 1.48. The van der Waals surface area contributed by atoms with Gasteiger partial charge in [0.1, 0.15) is 0 Å². The molecule has 0 aromatic heterocycles. The van der Waals surface area contributed by atoms with E-state index < -0.39 is 5.62 Å². The molecule has 0 bridgehead atoms. The van der Waals surface area contributed by atoms with E-state index in [1.807, 2.05) is 6.92 Å². The van der Waals surface area contributed by atoms with Crippen molar-refractivity contribution in [1.82, 2.24) is 4.67 Å². The fraction of sp³-hybridized carbons (Fsp3) is 0.875. The number of carbonyl (C=O) groups is 1. The molecule has 6 heteroatoms. The molecule has 0 rings (SSSR count). The van der Waals surface area contributed by atoms with Crippen LogP contribution in [0.15, 0.2) is 0 Å². The zero-order chi connectivity index (χ0) is 11.2. The Bertz CT molecular complexity index is 223. The van der Waals surface area contributed by atoms with Gasteiger partial charge in [0.25, 0.3) is 0 Å². The van der Waals surface area contributed by atoms with Gasteiger partial charge in [-0.3, -0.25) is 9.46 Å². The second kappa shape index (κ2) is 6.83. The lowest BCUT2D eigenvalue weighted by Crippen LogP contribution is -2.13. The van der Waals surface area contributed by atoms with Crippen molar-refractivity contribution < 1.29 is 9.32 Å². The Hall–Kier alpha value is 0.430. The van der Waals surface area contributed by atoms with E-state index in [1.165, 1.54) is 4.67 Å². The van der Waals surface area contributed by atoms with Crippen molar-refractivity contribution in [3.63, 3.8) is 0 Å². The molecule has 0 heterocycles. The van der Waals surface area contributed by atoms with Gasteiger partial charge >= 0.3 is 0 Å². The molecule has 0 aliphatic carbocycles. The van der Waals surface area contributed by atoms with E-state index >= 15 is 0 Å². The van der Waals surface area contributed by atoms with Gasteiger partial charge in [-0.2, -0.15) is 0 Å². The molecule has 1 unspecified atom stereocenters. The molecule has 0 fully saturated rings. The van der Waals surface area contributed by atoms with Gasteiger partial charge < -0.3 is 4.52 Å². The quantitative estimate of drug-likeness (QED) is 0.517.